The van der Waals surface area contributed by atoms with E-state index >= 15 is 0 Å². The normalized spacial score (nSPS) is 12.8. The summed E-state index contributed by atoms with van der Waals surface area (Å²) in [5.41, 5.74) is 3.23. The van der Waals surface area contributed by atoms with Gasteiger partial charge in [-0.2, -0.15) is 0 Å². The Bertz CT molecular complexity index is 774. The van der Waals surface area contributed by atoms with Gasteiger partial charge in [0.15, 0.2) is 0 Å². The van der Waals surface area contributed by atoms with Crippen molar-refractivity contribution in [1.29, 1.82) is 0 Å². The summed E-state index contributed by atoms with van der Waals surface area (Å²) in [6.45, 7) is 3.78. The first-order chi connectivity index (χ1) is 9.54. The lowest BCUT2D eigenvalue weighted by atomic mass is 10.0. The third-order valence-corrected chi connectivity index (χ3v) is 3.49. The van der Waals surface area contributed by atoms with Gasteiger partial charge in [-0.05, 0) is 55.3 Å². The maximum Gasteiger partial charge on any atom is 0.138 e. The van der Waals surface area contributed by atoms with E-state index in [0.717, 1.165) is 16.5 Å². The zero-order valence-electron chi connectivity index (χ0n) is 11.4. The molecule has 1 N–H and O–H groups in total. The molecule has 102 valence electrons. The predicted molar refractivity (Wildman–Crippen MR) is 76.1 cm³/mol. The van der Waals surface area contributed by atoms with Crippen LogP contribution >= 0.6 is 0 Å². The second-order valence-electron chi connectivity index (χ2n) is 5.09. The van der Waals surface area contributed by atoms with E-state index in [-0.39, 0.29) is 5.82 Å². The van der Waals surface area contributed by atoms with Gasteiger partial charge >= 0.3 is 0 Å². The highest BCUT2D eigenvalue weighted by molar-refractivity contribution is 5.78. The molecule has 0 bridgehead atoms. The Morgan fingerprint density at radius 2 is 1.85 bits per heavy atom. The number of aliphatic hydroxyl groups is 1. The smallest absolute Gasteiger partial charge is 0.138 e. The lowest BCUT2D eigenvalue weighted by molar-refractivity contribution is 0.191. The topological polar surface area (TPSA) is 33.4 Å². The average molecular weight is 270 g/mol. The number of furan rings is 1. The number of halogens is 1. The van der Waals surface area contributed by atoms with Gasteiger partial charge in [0.1, 0.15) is 23.3 Å². The summed E-state index contributed by atoms with van der Waals surface area (Å²) in [6.07, 6.45) is -0.886. The number of hydrogen-bond donors (Lipinski definition) is 1. The summed E-state index contributed by atoms with van der Waals surface area (Å²) in [4.78, 5) is 0. The maximum atomic E-state index is 13.1. The number of aliphatic hydroxyl groups excluding tert-OH is 1. The third kappa shape index (κ3) is 2.21. The summed E-state index contributed by atoms with van der Waals surface area (Å²) < 4.78 is 18.8. The Labute approximate surface area is 116 Å². The molecule has 0 aliphatic rings. The molecule has 0 radical (unpaired) electrons. The number of rotatable bonds is 2. The molecule has 2 aromatic carbocycles. The van der Waals surface area contributed by atoms with E-state index in [2.05, 4.69) is 0 Å². The Kier molecular flexibility index (Phi) is 3.07. The highest BCUT2D eigenvalue weighted by atomic mass is 19.1. The van der Waals surface area contributed by atoms with E-state index in [0.29, 0.717) is 16.9 Å². The number of fused-ring (bicyclic) bond motifs is 1. The monoisotopic (exact) mass is 270 g/mol. The first-order valence-corrected chi connectivity index (χ1v) is 6.49. The minimum atomic E-state index is -0.886. The number of hydrogen-bond acceptors (Lipinski definition) is 2. The Morgan fingerprint density at radius 3 is 2.60 bits per heavy atom. The molecule has 0 aliphatic heterocycles. The van der Waals surface area contributed by atoms with E-state index in [9.17, 15) is 9.50 Å². The lowest BCUT2D eigenvalue weighted by Gasteiger charge is -2.11. The molecule has 0 saturated heterocycles. The number of aryl methyl sites for hydroxylation is 2. The van der Waals surface area contributed by atoms with Crippen LogP contribution in [-0.4, -0.2) is 5.11 Å². The van der Waals surface area contributed by atoms with Gasteiger partial charge in [-0.15, -0.1) is 0 Å². The molecule has 3 rings (SSSR count). The van der Waals surface area contributed by atoms with E-state index in [1.54, 1.807) is 13.0 Å². The van der Waals surface area contributed by atoms with Gasteiger partial charge in [-0.1, -0.05) is 17.7 Å². The van der Waals surface area contributed by atoms with Crippen LogP contribution in [-0.2, 0) is 0 Å². The standard InChI is InChI=1S/C17H15FO2/c1-10-3-6-15-12(7-10)9-16(20-15)17(19)14-5-4-13(18)8-11(14)2/h3-9,17,19H,1-2H3. The lowest BCUT2D eigenvalue weighted by Crippen LogP contribution is -2.01. The molecule has 0 spiro atoms. The second kappa shape index (κ2) is 4.76. The van der Waals surface area contributed by atoms with Gasteiger partial charge in [0.25, 0.3) is 0 Å². The minimum absolute atomic E-state index is 0.307. The molecule has 20 heavy (non-hydrogen) atoms. The second-order valence-corrected chi connectivity index (χ2v) is 5.09. The van der Waals surface area contributed by atoms with Crippen molar-refractivity contribution >= 4 is 11.0 Å². The zero-order chi connectivity index (χ0) is 14.3. The summed E-state index contributed by atoms with van der Waals surface area (Å²) in [5.74, 6) is 0.166. The summed E-state index contributed by atoms with van der Waals surface area (Å²) in [5, 5.41) is 11.4. The number of benzene rings is 2. The SMILES string of the molecule is Cc1ccc2oc(C(O)c3ccc(F)cc3C)cc2c1. The van der Waals surface area contributed by atoms with Crippen LogP contribution in [0.5, 0.6) is 0 Å². The summed E-state index contributed by atoms with van der Waals surface area (Å²) in [7, 11) is 0. The largest absolute Gasteiger partial charge is 0.458 e. The third-order valence-electron chi connectivity index (χ3n) is 3.49. The van der Waals surface area contributed by atoms with Crippen LogP contribution in [0.3, 0.4) is 0 Å². The molecule has 0 saturated carbocycles. The molecule has 2 nitrogen and oxygen atoms in total. The highest BCUT2D eigenvalue weighted by Crippen LogP contribution is 2.30. The summed E-state index contributed by atoms with van der Waals surface area (Å²) in [6, 6.07) is 12.0. The average Bonchev–Trinajstić information content (AvgIpc) is 2.81. The van der Waals surface area contributed by atoms with Gasteiger partial charge in [-0.25, -0.2) is 4.39 Å². The van der Waals surface area contributed by atoms with Gasteiger partial charge in [0.2, 0.25) is 0 Å². The van der Waals surface area contributed by atoms with E-state index in [1.165, 1.54) is 12.1 Å². The van der Waals surface area contributed by atoms with E-state index < -0.39 is 6.10 Å². The Hall–Kier alpha value is -2.13. The highest BCUT2D eigenvalue weighted by Gasteiger charge is 2.17. The molecular formula is C17H15FO2. The first kappa shape index (κ1) is 12.9. The van der Waals surface area contributed by atoms with Crippen molar-refractivity contribution in [3.05, 3.63) is 70.7 Å². The quantitative estimate of drug-likeness (QED) is 0.754. The molecule has 0 fully saturated rings. The fourth-order valence-electron chi connectivity index (χ4n) is 2.42. The van der Waals surface area contributed by atoms with Crippen LogP contribution in [0.15, 0.2) is 46.9 Å². The predicted octanol–water partition coefficient (Wildman–Crippen LogP) is 4.27. The van der Waals surface area contributed by atoms with Crippen molar-refractivity contribution in [2.45, 2.75) is 20.0 Å². The molecular weight excluding hydrogens is 255 g/mol. The van der Waals surface area contributed by atoms with E-state index in [4.69, 9.17) is 4.42 Å². The van der Waals surface area contributed by atoms with Crippen molar-refractivity contribution in [3.8, 4) is 0 Å². The molecule has 1 unspecified atom stereocenters. The van der Waals surface area contributed by atoms with Crippen LogP contribution in [0.1, 0.15) is 28.6 Å². The van der Waals surface area contributed by atoms with Gasteiger partial charge < -0.3 is 9.52 Å². The molecule has 1 heterocycles. The van der Waals surface area contributed by atoms with Crippen LogP contribution < -0.4 is 0 Å². The van der Waals surface area contributed by atoms with Crippen LogP contribution in [0.25, 0.3) is 11.0 Å². The van der Waals surface area contributed by atoms with Crippen molar-refractivity contribution in [3.63, 3.8) is 0 Å². The van der Waals surface area contributed by atoms with Gasteiger partial charge in [0.05, 0.1) is 0 Å². The van der Waals surface area contributed by atoms with E-state index in [1.807, 2.05) is 31.2 Å². The summed E-state index contributed by atoms with van der Waals surface area (Å²) >= 11 is 0. The van der Waals surface area contributed by atoms with Gasteiger partial charge in [0, 0.05) is 5.39 Å². The van der Waals surface area contributed by atoms with Crippen LogP contribution in [0.4, 0.5) is 4.39 Å². The van der Waals surface area contributed by atoms with Crippen LogP contribution in [0.2, 0.25) is 0 Å². The molecule has 0 amide bonds. The molecule has 3 heteroatoms. The van der Waals surface area contributed by atoms with Crippen molar-refractivity contribution in [2.75, 3.05) is 0 Å². The van der Waals surface area contributed by atoms with Gasteiger partial charge in [-0.3, -0.25) is 0 Å². The first-order valence-electron chi connectivity index (χ1n) is 6.49. The molecule has 3 aromatic rings. The Balaban J connectivity index is 2.05. The maximum absolute atomic E-state index is 13.1. The molecule has 1 aromatic heterocycles. The van der Waals surface area contributed by atoms with Crippen molar-refractivity contribution in [1.82, 2.24) is 0 Å². The van der Waals surface area contributed by atoms with Crippen molar-refractivity contribution < 1.29 is 13.9 Å². The Morgan fingerprint density at radius 1 is 1.05 bits per heavy atom. The molecule has 0 aliphatic carbocycles. The zero-order valence-corrected chi connectivity index (χ0v) is 11.4. The fourth-order valence-corrected chi connectivity index (χ4v) is 2.42. The minimum Gasteiger partial charge on any atom is -0.458 e. The fraction of sp³-hybridized carbons (Fsp3) is 0.176. The van der Waals surface area contributed by atoms with Crippen LogP contribution in [0, 0.1) is 19.7 Å². The van der Waals surface area contributed by atoms with Crippen molar-refractivity contribution in [2.24, 2.45) is 0 Å². The molecule has 1 atom stereocenters.